The van der Waals surface area contributed by atoms with E-state index in [-0.39, 0.29) is 11.7 Å². The molecule has 1 aromatic rings. The van der Waals surface area contributed by atoms with Gasteiger partial charge in [0.05, 0.1) is 5.56 Å². The van der Waals surface area contributed by atoms with E-state index >= 15 is 0 Å². The van der Waals surface area contributed by atoms with Gasteiger partial charge in [0.2, 0.25) is 5.91 Å². The van der Waals surface area contributed by atoms with Crippen LogP contribution in [0.25, 0.3) is 0 Å². The van der Waals surface area contributed by atoms with Crippen molar-refractivity contribution in [3.05, 3.63) is 64.8 Å². The van der Waals surface area contributed by atoms with Crippen molar-refractivity contribution in [1.29, 1.82) is 0 Å². The molecule has 1 amide bonds. The van der Waals surface area contributed by atoms with E-state index in [2.05, 4.69) is 26.1 Å². The number of benzene rings is 1. The number of Topliss-reactive ketones (excluding diaryl/α,β-unsaturated/α-hetero) is 1. The number of nitrogens with one attached hydrogen (secondary N) is 1. The molecule has 1 N–H and O–H groups in total. The molecule has 1 saturated heterocycles. The number of nitrogens with zero attached hydrogens (tertiary/aromatic N) is 2. The van der Waals surface area contributed by atoms with Gasteiger partial charge in [-0.2, -0.15) is 13.2 Å². The van der Waals surface area contributed by atoms with Crippen molar-refractivity contribution in [3.8, 4) is 0 Å². The van der Waals surface area contributed by atoms with Gasteiger partial charge >= 0.3 is 6.18 Å². The third-order valence-electron chi connectivity index (χ3n) is 7.38. The van der Waals surface area contributed by atoms with Crippen molar-refractivity contribution in [3.63, 3.8) is 0 Å². The monoisotopic (exact) mass is 666 g/mol. The Kier molecular flexibility index (Phi) is 27.7. The number of carbonyl (C=O) groups is 2. The standard InChI is InChI=1S/C18H27NO2.C12H15F3N2.C5H12.2C2H6/c1-4-6-7-11-18(21)19(3)14-15-9-8-10-16(13-12-15)17(20)5-2;1-9-2-3-10(12(13,14)15)8-11(9)17-6-4-16-5-7-17;1-3-5-4-2;2*1-2/h8,10,12-13H,4-7,9,11,14H2,1-3H3;2-3,8,16H,4-7H2,1H3;3-5H2,1-2H3;2*1-2H3. The third-order valence-corrected chi connectivity index (χ3v) is 7.38. The van der Waals surface area contributed by atoms with E-state index in [1.165, 1.54) is 25.3 Å². The zero-order valence-corrected chi connectivity index (χ0v) is 31.3. The molecule has 47 heavy (non-hydrogen) atoms. The van der Waals surface area contributed by atoms with Crippen molar-refractivity contribution in [2.75, 3.05) is 44.7 Å². The van der Waals surface area contributed by atoms with E-state index in [0.717, 1.165) is 74.6 Å². The summed E-state index contributed by atoms with van der Waals surface area (Å²) in [5.74, 6) is 0.360. The Morgan fingerprint density at radius 1 is 0.894 bits per heavy atom. The summed E-state index contributed by atoms with van der Waals surface area (Å²) >= 11 is 0. The summed E-state index contributed by atoms with van der Waals surface area (Å²) in [6.07, 6.45) is 12.7. The molecule has 1 heterocycles. The van der Waals surface area contributed by atoms with Crippen LogP contribution in [0.2, 0.25) is 0 Å². The summed E-state index contributed by atoms with van der Waals surface area (Å²) in [6.45, 7) is 22.0. The average Bonchev–Trinajstić information content (AvgIpc) is 3.33. The molecule has 1 aromatic carbocycles. The molecule has 0 spiro atoms. The molecule has 1 aliphatic carbocycles. The van der Waals surface area contributed by atoms with Crippen molar-refractivity contribution < 1.29 is 22.8 Å². The molecule has 0 aromatic heterocycles. The highest BCUT2D eigenvalue weighted by atomic mass is 19.4. The number of carbonyl (C=O) groups excluding carboxylic acids is 2. The van der Waals surface area contributed by atoms with Crippen molar-refractivity contribution in [1.82, 2.24) is 10.2 Å². The largest absolute Gasteiger partial charge is 0.416 e. The zero-order chi connectivity index (χ0) is 36.3. The van der Waals surface area contributed by atoms with Crippen LogP contribution >= 0.6 is 0 Å². The van der Waals surface area contributed by atoms with Gasteiger partial charge in [0.1, 0.15) is 0 Å². The summed E-state index contributed by atoms with van der Waals surface area (Å²) < 4.78 is 37.9. The molecular weight excluding hydrogens is 599 g/mol. The summed E-state index contributed by atoms with van der Waals surface area (Å²) in [5, 5.41) is 3.18. The van der Waals surface area contributed by atoms with Crippen LogP contribution in [0.3, 0.4) is 0 Å². The van der Waals surface area contributed by atoms with Gasteiger partial charge in [-0.25, -0.2) is 0 Å². The average molecular weight is 666 g/mol. The van der Waals surface area contributed by atoms with Crippen LogP contribution in [0.15, 0.2) is 53.6 Å². The lowest BCUT2D eigenvalue weighted by atomic mass is 10.1. The van der Waals surface area contributed by atoms with Gasteiger partial charge in [0, 0.05) is 63.9 Å². The highest BCUT2D eigenvalue weighted by molar-refractivity contribution is 5.98. The fourth-order valence-corrected chi connectivity index (χ4v) is 4.67. The van der Waals surface area contributed by atoms with E-state index in [1.54, 1.807) is 11.0 Å². The number of anilines is 1. The molecular formula is C39H66F3N3O2. The first-order chi connectivity index (χ1) is 22.5. The molecule has 8 heteroatoms. The maximum absolute atomic E-state index is 12.6. The van der Waals surface area contributed by atoms with Crippen LogP contribution < -0.4 is 10.2 Å². The number of unbranched alkanes of at least 4 members (excludes halogenated alkanes) is 4. The van der Waals surface area contributed by atoms with E-state index in [4.69, 9.17) is 0 Å². The Labute approximate surface area is 285 Å². The lowest BCUT2D eigenvalue weighted by Crippen LogP contribution is -2.43. The van der Waals surface area contributed by atoms with Gasteiger partial charge < -0.3 is 15.1 Å². The second kappa shape index (κ2) is 28.2. The Morgan fingerprint density at radius 3 is 2.00 bits per heavy atom. The molecule has 1 aliphatic heterocycles. The Bertz CT molecular complexity index is 1070. The van der Waals surface area contributed by atoms with Gasteiger partial charge in [-0.1, -0.05) is 118 Å². The molecule has 0 saturated carbocycles. The number of rotatable bonds is 11. The first kappa shape index (κ1) is 46.2. The van der Waals surface area contributed by atoms with Crippen molar-refractivity contribution in [2.24, 2.45) is 0 Å². The summed E-state index contributed by atoms with van der Waals surface area (Å²) in [6, 6.07) is 3.93. The van der Waals surface area contributed by atoms with Crippen LogP contribution in [0.5, 0.6) is 0 Å². The number of halogens is 3. The summed E-state index contributed by atoms with van der Waals surface area (Å²) in [7, 11) is 1.85. The maximum Gasteiger partial charge on any atom is 0.416 e. The number of amides is 1. The SMILES string of the molecule is CC.CC.CCCCC.CCCCCC(=O)N(C)CC1=CC=C(C(=O)CC)C=CC1.Cc1ccc(C(F)(F)F)cc1N1CCNCC1. The number of hydrogen-bond acceptors (Lipinski definition) is 4. The Balaban J connectivity index is 0. The highest BCUT2D eigenvalue weighted by Crippen LogP contribution is 2.33. The predicted octanol–water partition coefficient (Wildman–Crippen LogP) is 10.5. The molecule has 0 radical (unpaired) electrons. The van der Waals surface area contributed by atoms with Crippen molar-refractivity contribution >= 4 is 17.4 Å². The van der Waals surface area contributed by atoms with E-state index < -0.39 is 11.7 Å². The molecule has 0 bridgehead atoms. The van der Waals surface area contributed by atoms with E-state index in [1.807, 2.05) is 77.8 Å². The fourth-order valence-electron chi connectivity index (χ4n) is 4.67. The van der Waals surface area contributed by atoms with Gasteiger partial charge in [0.25, 0.3) is 0 Å². The minimum Gasteiger partial charge on any atom is -0.369 e. The topological polar surface area (TPSA) is 52.7 Å². The number of ketones is 1. The minimum absolute atomic E-state index is 0.160. The molecule has 0 unspecified atom stereocenters. The van der Waals surface area contributed by atoms with Crippen LogP contribution in [0.1, 0.15) is 124 Å². The summed E-state index contributed by atoms with van der Waals surface area (Å²) in [5.41, 5.74) is 2.93. The second-order valence-corrected chi connectivity index (χ2v) is 11.1. The van der Waals surface area contributed by atoms with Gasteiger partial charge in [0.15, 0.2) is 5.78 Å². The first-order valence-corrected chi connectivity index (χ1v) is 17.9. The smallest absolute Gasteiger partial charge is 0.369 e. The lowest BCUT2D eigenvalue weighted by molar-refractivity contribution is -0.137. The van der Waals surface area contributed by atoms with Crippen LogP contribution in [-0.2, 0) is 15.8 Å². The van der Waals surface area contributed by atoms with Crippen LogP contribution in [-0.4, -0.2) is 56.4 Å². The highest BCUT2D eigenvalue weighted by Gasteiger charge is 2.31. The first-order valence-electron chi connectivity index (χ1n) is 17.9. The number of piperazine rings is 1. The molecule has 270 valence electrons. The van der Waals surface area contributed by atoms with Crippen LogP contribution in [0.4, 0.5) is 18.9 Å². The predicted molar refractivity (Wildman–Crippen MR) is 196 cm³/mol. The Morgan fingerprint density at radius 2 is 1.49 bits per heavy atom. The molecule has 5 nitrogen and oxygen atoms in total. The quantitative estimate of drug-likeness (QED) is 0.239. The van der Waals surface area contributed by atoms with Crippen molar-refractivity contribution in [2.45, 2.75) is 126 Å². The van der Waals surface area contributed by atoms with Crippen LogP contribution in [0, 0.1) is 6.92 Å². The molecule has 1 fully saturated rings. The number of alkyl halides is 3. The van der Waals surface area contributed by atoms with Gasteiger partial charge in [-0.05, 0) is 43.0 Å². The normalized spacial score (nSPS) is 13.8. The number of likely N-dealkylation sites (N-methyl/N-ethyl adjacent to an activating group) is 1. The lowest BCUT2D eigenvalue weighted by Gasteiger charge is -2.31. The number of hydrogen-bond donors (Lipinski definition) is 1. The molecule has 0 atom stereocenters. The van der Waals surface area contributed by atoms with E-state index in [9.17, 15) is 22.8 Å². The molecule has 3 rings (SSSR count). The number of aryl methyl sites for hydroxylation is 1. The maximum atomic E-state index is 12.6. The van der Waals surface area contributed by atoms with E-state index in [0.29, 0.717) is 25.1 Å². The third kappa shape index (κ3) is 20.2. The second-order valence-electron chi connectivity index (χ2n) is 11.1. The minimum atomic E-state index is -4.27. The molecule has 2 aliphatic rings. The zero-order valence-electron chi connectivity index (χ0n) is 31.3. The number of allylic oxidation sites excluding steroid dienone is 5. The van der Waals surface area contributed by atoms with Gasteiger partial charge in [-0.3, -0.25) is 9.59 Å². The Hall–Kier alpha value is -2.87. The van der Waals surface area contributed by atoms with Gasteiger partial charge in [-0.15, -0.1) is 0 Å². The summed E-state index contributed by atoms with van der Waals surface area (Å²) in [4.78, 5) is 27.5. The fraction of sp³-hybridized carbons (Fsp3) is 0.641.